The molecule has 2 aromatic rings. The van der Waals surface area contributed by atoms with Gasteiger partial charge in [0.15, 0.2) is 24.2 Å². The number of benzene rings is 1. The van der Waals surface area contributed by atoms with Crippen molar-refractivity contribution in [3.05, 3.63) is 46.3 Å². The minimum absolute atomic E-state index is 0.134. The average molecular weight is 517 g/mol. The number of carbonyl (C=O) groups is 4. The lowest BCUT2D eigenvalue weighted by Gasteiger charge is -2.26. The van der Waals surface area contributed by atoms with Gasteiger partial charge in [0.25, 0.3) is 5.91 Å². The molecule has 1 aliphatic heterocycles. The molecule has 3 rings (SSSR count). The van der Waals surface area contributed by atoms with Crippen LogP contribution in [-0.4, -0.2) is 86.2 Å². The molecule has 1 atom stereocenters. The zero-order chi connectivity index (χ0) is 27.1. The maximum absolute atomic E-state index is 13.0. The molecule has 0 unspecified atom stereocenters. The third kappa shape index (κ3) is 6.48. The summed E-state index contributed by atoms with van der Waals surface area (Å²) in [6.07, 6.45) is -1.13. The molecule has 0 saturated carbocycles. The van der Waals surface area contributed by atoms with E-state index in [4.69, 9.17) is 23.7 Å². The largest absolute Gasteiger partial charge is 0.493 e. The molecule has 1 amide bonds. The first-order valence-corrected chi connectivity index (χ1v) is 12.0. The fourth-order valence-electron chi connectivity index (χ4n) is 3.95. The van der Waals surface area contributed by atoms with Crippen LogP contribution in [0.4, 0.5) is 0 Å². The zero-order valence-corrected chi connectivity index (χ0v) is 21.7. The van der Waals surface area contributed by atoms with Gasteiger partial charge >= 0.3 is 11.9 Å². The molecule has 1 aliphatic rings. The highest BCUT2D eigenvalue weighted by molar-refractivity contribution is 6.04. The van der Waals surface area contributed by atoms with Gasteiger partial charge in [-0.15, -0.1) is 0 Å². The highest BCUT2D eigenvalue weighted by Gasteiger charge is 2.28. The summed E-state index contributed by atoms with van der Waals surface area (Å²) >= 11 is 0. The number of morpholine rings is 1. The molecule has 1 fully saturated rings. The Bertz CT molecular complexity index is 1170. The molecular formula is C26H32N2O9. The molecule has 1 saturated heterocycles. The molecular weight excluding hydrogens is 484 g/mol. The van der Waals surface area contributed by atoms with E-state index >= 15 is 0 Å². The number of carbonyl (C=O) groups excluding carboxylic acids is 4. The van der Waals surface area contributed by atoms with E-state index in [9.17, 15) is 19.2 Å². The topological polar surface area (TPSA) is 133 Å². The Morgan fingerprint density at radius 3 is 2.43 bits per heavy atom. The van der Waals surface area contributed by atoms with E-state index in [1.807, 2.05) is 0 Å². The molecule has 1 aromatic carbocycles. The minimum atomic E-state index is -1.13. The second-order valence-electron chi connectivity index (χ2n) is 8.40. The Morgan fingerprint density at radius 2 is 1.78 bits per heavy atom. The first kappa shape index (κ1) is 27.7. The van der Waals surface area contributed by atoms with E-state index in [1.165, 1.54) is 32.2 Å². The molecule has 200 valence electrons. The van der Waals surface area contributed by atoms with Gasteiger partial charge in [-0.25, -0.2) is 9.59 Å². The van der Waals surface area contributed by atoms with Gasteiger partial charge in [0.2, 0.25) is 5.78 Å². The number of esters is 2. The first-order valence-electron chi connectivity index (χ1n) is 12.0. The van der Waals surface area contributed by atoms with Gasteiger partial charge in [0.1, 0.15) is 0 Å². The number of aryl methyl sites for hydroxylation is 1. The number of rotatable bonds is 10. The van der Waals surface area contributed by atoms with Crippen LogP contribution in [0.3, 0.4) is 0 Å². The number of nitrogens with zero attached hydrogens (tertiary/aromatic N) is 1. The van der Waals surface area contributed by atoms with Crippen molar-refractivity contribution in [3.63, 3.8) is 0 Å². The van der Waals surface area contributed by atoms with Gasteiger partial charge in [-0.1, -0.05) is 0 Å². The number of aromatic nitrogens is 1. The van der Waals surface area contributed by atoms with E-state index in [1.54, 1.807) is 25.7 Å². The van der Waals surface area contributed by atoms with Crippen molar-refractivity contribution >= 4 is 23.6 Å². The Hall–Kier alpha value is -3.86. The minimum Gasteiger partial charge on any atom is -0.493 e. The summed E-state index contributed by atoms with van der Waals surface area (Å²) in [5.74, 6) is -1.42. The van der Waals surface area contributed by atoms with Crippen LogP contribution < -0.4 is 9.47 Å². The fraction of sp³-hybridized carbons (Fsp3) is 0.462. The number of Topliss-reactive ketones (excluding diaryl/α,β-unsaturated/α-hetero) is 1. The van der Waals surface area contributed by atoms with Gasteiger partial charge in [-0.05, 0) is 51.5 Å². The predicted molar refractivity (Wildman–Crippen MR) is 131 cm³/mol. The number of hydrogen-bond donors (Lipinski definition) is 1. The molecule has 1 aromatic heterocycles. The van der Waals surface area contributed by atoms with E-state index in [0.29, 0.717) is 37.6 Å². The Morgan fingerprint density at radius 1 is 1.08 bits per heavy atom. The maximum atomic E-state index is 13.0. The van der Waals surface area contributed by atoms with Crippen molar-refractivity contribution in [2.24, 2.45) is 0 Å². The number of H-pyrrole nitrogens is 1. The van der Waals surface area contributed by atoms with Crippen LogP contribution in [0.2, 0.25) is 0 Å². The molecule has 11 heteroatoms. The van der Waals surface area contributed by atoms with Gasteiger partial charge in [-0.3, -0.25) is 9.59 Å². The summed E-state index contributed by atoms with van der Waals surface area (Å²) < 4.78 is 26.6. The van der Waals surface area contributed by atoms with E-state index in [2.05, 4.69) is 4.98 Å². The molecule has 0 radical (unpaired) electrons. The number of nitrogens with one attached hydrogen (secondary N) is 1. The van der Waals surface area contributed by atoms with Crippen molar-refractivity contribution in [3.8, 4) is 11.5 Å². The van der Waals surface area contributed by atoms with Crippen LogP contribution in [0.25, 0.3) is 0 Å². The van der Waals surface area contributed by atoms with E-state index in [0.717, 1.165) is 0 Å². The SMILES string of the molecule is CCOC(=O)c1c(C)[nH]c(C(=O)[C@H](C)OC(=O)c2ccc(OCC(=O)N3CCOCC3)c(OC)c2)c1C. The fourth-order valence-corrected chi connectivity index (χ4v) is 3.95. The van der Waals surface area contributed by atoms with Gasteiger partial charge < -0.3 is 33.6 Å². The number of amides is 1. The van der Waals surface area contributed by atoms with Crippen molar-refractivity contribution in [2.45, 2.75) is 33.8 Å². The Balaban J connectivity index is 1.66. The van der Waals surface area contributed by atoms with Gasteiger partial charge in [-0.2, -0.15) is 0 Å². The highest BCUT2D eigenvalue weighted by atomic mass is 16.5. The molecule has 1 N–H and O–H groups in total. The lowest BCUT2D eigenvalue weighted by molar-refractivity contribution is -0.137. The molecule has 0 bridgehead atoms. The predicted octanol–water partition coefficient (Wildman–Crippen LogP) is 2.48. The summed E-state index contributed by atoms with van der Waals surface area (Å²) in [7, 11) is 1.41. The summed E-state index contributed by atoms with van der Waals surface area (Å²) in [6.45, 7) is 8.45. The monoisotopic (exact) mass is 516 g/mol. The number of aromatic amines is 1. The van der Waals surface area contributed by atoms with Crippen molar-refractivity contribution in [1.82, 2.24) is 9.88 Å². The summed E-state index contributed by atoms with van der Waals surface area (Å²) in [6, 6.07) is 4.37. The average Bonchev–Trinajstić information content (AvgIpc) is 3.20. The van der Waals surface area contributed by atoms with Crippen LogP contribution in [0.15, 0.2) is 18.2 Å². The molecule has 11 nitrogen and oxygen atoms in total. The van der Waals surface area contributed by atoms with Crippen LogP contribution in [0, 0.1) is 13.8 Å². The van der Waals surface area contributed by atoms with Gasteiger partial charge in [0.05, 0.1) is 43.8 Å². The highest BCUT2D eigenvalue weighted by Crippen LogP contribution is 2.29. The second kappa shape index (κ2) is 12.4. The normalized spacial score (nSPS) is 14.0. The number of ether oxygens (including phenoxy) is 5. The zero-order valence-electron chi connectivity index (χ0n) is 21.7. The first-order chi connectivity index (χ1) is 17.7. The summed E-state index contributed by atoms with van der Waals surface area (Å²) in [5.41, 5.74) is 1.52. The lowest BCUT2D eigenvalue weighted by atomic mass is 10.1. The van der Waals surface area contributed by atoms with E-state index in [-0.39, 0.29) is 47.4 Å². The van der Waals surface area contributed by atoms with E-state index < -0.39 is 23.8 Å². The quantitative estimate of drug-likeness (QED) is 0.373. The number of methoxy groups -OCH3 is 1. The second-order valence-corrected chi connectivity index (χ2v) is 8.40. The van der Waals surface area contributed by atoms with Crippen LogP contribution in [0.5, 0.6) is 11.5 Å². The smallest absolute Gasteiger partial charge is 0.340 e. The maximum Gasteiger partial charge on any atom is 0.340 e. The molecule has 0 spiro atoms. The van der Waals surface area contributed by atoms with Crippen molar-refractivity contribution in [1.29, 1.82) is 0 Å². The van der Waals surface area contributed by atoms with Gasteiger partial charge in [0, 0.05) is 18.8 Å². The summed E-state index contributed by atoms with van der Waals surface area (Å²) in [5, 5.41) is 0. The van der Waals surface area contributed by atoms with Crippen molar-refractivity contribution in [2.75, 3.05) is 46.6 Å². The van der Waals surface area contributed by atoms with Crippen LogP contribution >= 0.6 is 0 Å². The number of ketones is 1. The lowest BCUT2D eigenvalue weighted by Crippen LogP contribution is -2.43. The Labute approximate surface area is 215 Å². The van der Waals surface area contributed by atoms with Crippen molar-refractivity contribution < 1.29 is 42.9 Å². The van der Waals surface area contributed by atoms with Crippen LogP contribution in [-0.2, 0) is 19.0 Å². The molecule has 0 aliphatic carbocycles. The van der Waals surface area contributed by atoms with Crippen LogP contribution in [0.1, 0.15) is 56.3 Å². The third-order valence-electron chi connectivity index (χ3n) is 5.93. The number of hydrogen-bond acceptors (Lipinski definition) is 9. The third-order valence-corrected chi connectivity index (χ3v) is 5.93. The summed E-state index contributed by atoms with van der Waals surface area (Å²) in [4.78, 5) is 54.9. The standard InChI is InChI=1S/C26H32N2O9/c1-6-35-26(32)22-15(2)23(27-16(22)3)24(30)17(4)37-25(31)18-7-8-19(20(13-18)33-5)36-14-21(29)28-9-11-34-12-10-28/h7-8,13,17,27H,6,9-12,14H2,1-5H3/t17-/m0/s1. The molecule has 2 heterocycles. The Kier molecular flexibility index (Phi) is 9.29. The molecule has 37 heavy (non-hydrogen) atoms.